The monoisotopic (exact) mass is 502 g/mol. The molecule has 1 aliphatic carbocycles. The maximum Gasteiger partial charge on any atom is 0.261 e. The van der Waals surface area contributed by atoms with E-state index < -0.39 is 0 Å². The van der Waals surface area contributed by atoms with Crippen molar-refractivity contribution in [2.45, 2.75) is 50.6 Å². The molecular formula is C25H31ClN4O3S. The van der Waals surface area contributed by atoms with Crippen LogP contribution in [0.1, 0.15) is 58.6 Å². The van der Waals surface area contributed by atoms with Crippen LogP contribution in [-0.4, -0.2) is 61.4 Å². The number of thiophene rings is 1. The van der Waals surface area contributed by atoms with Crippen LogP contribution in [0.2, 0.25) is 4.34 Å². The molecule has 2 aromatic rings. The lowest BCUT2D eigenvalue weighted by molar-refractivity contribution is -0.119. The second kappa shape index (κ2) is 11.3. The van der Waals surface area contributed by atoms with Gasteiger partial charge in [0.1, 0.15) is 0 Å². The Morgan fingerprint density at radius 3 is 2.15 bits per heavy atom. The summed E-state index contributed by atoms with van der Waals surface area (Å²) in [4.78, 5) is 42.5. The van der Waals surface area contributed by atoms with Crippen LogP contribution in [0.5, 0.6) is 0 Å². The SMILES string of the molecule is CN(C(=O)CN1CCCC1)c1ccc(C(=O)N[C@@H]2CCCC[C@@H]2NC(=O)c2ccc(Cl)s2)cc1. The number of hydrogen-bond donors (Lipinski definition) is 2. The van der Waals surface area contributed by atoms with Crippen molar-refractivity contribution in [3.8, 4) is 0 Å². The van der Waals surface area contributed by atoms with Crippen LogP contribution in [0.3, 0.4) is 0 Å². The average molecular weight is 503 g/mol. The van der Waals surface area contributed by atoms with Crippen LogP contribution in [0, 0.1) is 0 Å². The van der Waals surface area contributed by atoms with E-state index in [0.29, 0.717) is 21.3 Å². The van der Waals surface area contributed by atoms with Crippen LogP contribution in [-0.2, 0) is 4.79 Å². The molecule has 0 radical (unpaired) electrons. The minimum Gasteiger partial charge on any atom is -0.347 e. The van der Waals surface area contributed by atoms with Crippen molar-refractivity contribution >= 4 is 46.3 Å². The number of rotatable bonds is 7. The first kappa shape index (κ1) is 24.7. The Morgan fingerprint density at radius 2 is 1.56 bits per heavy atom. The molecule has 0 unspecified atom stereocenters. The summed E-state index contributed by atoms with van der Waals surface area (Å²) in [5.41, 5.74) is 1.29. The van der Waals surface area contributed by atoms with E-state index in [-0.39, 0.29) is 29.8 Å². The summed E-state index contributed by atoms with van der Waals surface area (Å²) in [6.45, 7) is 2.37. The summed E-state index contributed by atoms with van der Waals surface area (Å²) < 4.78 is 0.575. The van der Waals surface area contributed by atoms with Gasteiger partial charge in [-0.15, -0.1) is 11.3 Å². The summed E-state index contributed by atoms with van der Waals surface area (Å²) in [6.07, 6.45) is 5.94. The van der Waals surface area contributed by atoms with E-state index in [2.05, 4.69) is 15.5 Å². The highest BCUT2D eigenvalue weighted by Gasteiger charge is 2.29. The van der Waals surface area contributed by atoms with Gasteiger partial charge in [-0.3, -0.25) is 19.3 Å². The van der Waals surface area contributed by atoms with Gasteiger partial charge < -0.3 is 15.5 Å². The molecule has 1 aliphatic heterocycles. The molecule has 34 heavy (non-hydrogen) atoms. The highest BCUT2D eigenvalue weighted by Crippen LogP contribution is 2.24. The van der Waals surface area contributed by atoms with Crippen molar-refractivity contribution < 1.29 is 14.4 Å². The summed E-state index contributed by atoms with van der Waals surface area (Å²) in [6, 6.07) is 10.3. The minimum atomic E-state index is -0.178. The smallest absolute Gasteiger partial charge is 0.261 e. The zero-order chi connectivity index (χ0) is 24.1. The fourth-order valence-corrected chi connectivity index (χ4v) is 5.57. The molecular weight excluding hydrogens is 472 g/mol. The van der Waals surface area contributed by atoms with E-state index in [9.17, 15) is 14.4 Å². The topological polar surface area (TPSA) is 81.8 Å². The predicted octanol–water partition coefficient (Wildman–Crippen LogP) is 3.93. The number of nitrogens with zero attached hydrogens (tertiary/aromatic N) is 2. The van der Waals surface area contributed by atoms with Crippen molar-refractivity contribution in [2.75, 3.05) is 31.6 Å². The van der Waals surface area contributed by atoms with E-state index in [1.54, 1.807) is 48.3 Å². The van der Waals surface area contributed by atoms with Crippen molar-refractivity contribution in [1.29, 1.82) is 0 Å². The third-order valence-corrected chi connectivity index (χ3v) is 7.87. The van der Waals surface area contributed by atoms with Crippen LogP contribution >= 0.6 is 22.9 Å². The van der Waals surface area contributed by atoms with E-state index in [1.165, 1.54) is 11.3 Å². The Morgan fingerprint density at radius 1 is 0.941 bits per heavy atom. The molecule has 1 aromatic heterocycles. The molecule has 1 aromatic carbocycles. The number of nitrogens with one attached hydrogen (secondary N) is 2. The van der Waals surface area contributed by atoms with Crippen molar-refractivity contribution in [3.63, 3.8) is 0 Å². The van der Waals surface area contributed by atoms with Crippen molar-refractivity contribution in [2.24, 2.45) is 0 Å². The summed E-state index contributed by atoms with van der Waals surface area (Å²) in [5, 5.41) is 6.17. The maximum absolute atomic E-state index is 12.9. The third kappa shape index (κ3) is 6.17. The van der Waals surface area contributed by atoms with Gasteiger partial charge in [0.15, 0.2) is 0 Å². The number of amides is 3. The van der Waals surface area contributed by atoms with Gasteiger partial charge >= 0.3 is 0 Å². The molecule has 182 valence electrons. The van der Waals surface area contributed by atoms with E-state index in [0.717, 1.165) is 57.3 Å². The third-order valence-electron chi connectivity index (χ3n) is 6.64. The first-order valence-electron chi connectivity index (χ1n) is 11.9. The van der Waals surface area contributed by atoms with Gasteiger partial charge in [-0.1, -0.05) is 24.4 Å². The van der Waals surface area contributed by atoms with Crippen LogP contribution in [0.15, 0.2) is 36.4 Å². The molecule has 0 bridgehead atoms. The Balaban J connectivity index is 1.34. The molecule has 1 saturated heterocycles. The number of anilines is 1. The number of benzene rings is 1. The molecule has 3 amide bonds. The number of likely N-dealkylation sites (tertiary alicyclic amines) is 1. The second-order valence-electron chi connectivity index (χ2n) is 9.03. The predicted molar refractivity (Wildman–Crippen MR) is 136 cm³/mol. The molecule has 1 saturated carbocycles. The molecule has 2 fully saturated rings. The Labute approximate surface area is 209 Å². The van der Waals surface area contributed by atoms with Crippen LogP contribution in [0.25, 0.3) is 0 Å². The van der Waals surface area contributed by atoms with Gasteiger partial charge in [-0.25, -0.2) is 0 Å². The standard InChI is InChI=1S/C25H31ClN4O3S/c1-29(23(31)16-30-14-4-5-15-30)18-10-8-17(9-11-18)24(32)27-19-6-2-3-7-20(19)28-25(33)21-12-13-22(26)34-21/h8-13,19-20H,2-7,14-16H2,1H3,(H,27,32)(H,28,33)/t19-,20+/m1/s1. The second-order valence-corrected chi connectivity index (χ2v) is 10.7. The van der Waals surface area contributed by atoms with Gasteiger partial charge in [0.2, 0.25) is 5.91 Å². The zero-order valence-corrected chi connectivity index (χ0v) is 21.0. The summed E-state index contributed by atoms with van der Waals surface area (Å²) in [5.74, 6) is -0.288. The maximum atomic E-state index is 12.9. The molecule has 0 spiro atoms. The number of carbonyl (C=O) groups excluding carboxylic acids is 3. The van der Waals surface area contributed by atoms with Gasteiger partial charge in [-0.2, -0.15) is 0 Å². The zero-order valence-electron chi connectivity index (χ0n) is 19.4. The van der Waals surface area contributed by atoms with Crippen molar-refractivity contribution in [1.82, 2.24) is 15.5 Å². The van der Waals surface area contributed by atoms with E-state index >= 15 is 0 Å². The van der Waals surface area contributed by atoms with Gasteiger partial charge in [0.25, 0.3) is 11.8 Å². The number of likely N-dealkylation sites (N-methyl/N-ethyl adjacent to an activating group) is 1. The van der Waals surface area contributed by atoms with Gasteiger partial charge in [-0.05, 0) is 75.2 Å². The fraction of sp³-hybridized carbons (Fsp3) is 0.480. The van der Waals surface area contributed by atoms with Gasteiger partial charge in [0.05, 0.1) is 15.8 Å². The molecule has 4 rings (SSSR count). The van der Waals surface area contributed by atoms with E-state index in [1.807, 2.05) is 0 Å². The number of hydrogen-bond acceptors (Lipinski definition) is 5. The lowest BCUT2D eigenvalue weighted by Gasteiger charge is -2.32. The molecule has 9 heteroatoms. The Kier molecular flexibility index (Phi) is 8.24. The highest BCUT2D eigenvalue weighted by molar-refractivity contribution is 7.18. The van der Waals surface area contributed by atoms with Crippen molar-refractivity contribution in [3.05, 3.63) is 51.2 Å². The quantitative estimate of drug-likeness (QED) is 0.601. The normalized spacial score (nSPS) is 20.6. The first-order chi connectivity index (χ1) is 16.4. The molecule has 2 atom stereocenters. The van der Waals surface area contributed by atoms with Crippen LogP contribution < -0.4 is 15.5 Å². The Bertz CT molecular complexity index is 1020. The average Bonchev–Trinajstić information content (AvgIpc) is 3.51. The summed E-state index contributed by atoms with van der Waals surface area (Å²) in [7, 11) is 1.77. The largest absolute Gasteiger partial charge is 0.347 e. The highest BCUT2D eigenvalue weighted by atomic mass is 35.5. The van der Waals surface area contributed by atoms with Gasteiger partial charge in [0, 0.05) is 30.4 Å². The molecule has 2 aliphatic rings. The summed E-state index contributed by atoms with van der Waals surface area (Å²) >= 11 is 7.20. The van der Waals surface area contributed by atoms with Crippen LogP contribution in [0.4, 0.5) is 5.69 Å². The van der Waals surface area contributed by atoms with E-state index in [4.69, 9.17) is 11.6 Å². The fourth-order valence-electron chi connectivity index (χ4n) is 4.62. The first-order valence-corrected chi connectivity index (χ1v) is 13.1. The Hall–Kier alpha value is -2.42. The molecule has 2 N–H and O–H groups in total. The lowest BCUT2D eigenvalue weighted by atomic mass is 9.90. The number of halogens is 1. The number of carbonyl (C=O) groups is 3. The lowest BCUT2D eigenvalue weighted by Crippen LogP contribution is -2.53. The molecule has 2 heterocycles. The minimum absolute atomic E-state index is 0.0481. The molecule has 7 nitrogen and oxygen atoms in total.